The first kappa shape index (κ1) is 11.2. The van der Waals surface area contributed by atoms with Crippen molar-refractivity contribution in [3.05, 3.63) is 40.7 Å². The Morgan fingerprint density at radius 1 is 1.38 bits per heavy atom. The van der Waals surface area contributed by atoms with Gasteiger partial charge in [-0.25, -0.2) is 0 Å². The summed E-state index contributed by atoms with van der Waals surface area (Å²) in [5.41, 5.74) is 1.96. The number of hydrogen-bond donors (Lipinski definition) is 1. The summed E-state index contributed by atoms with van der Waals surface area (Å²) in [6.07, 6.45) is 4.33. The predicted molar refractivity (Wildman–Crippen MR) is 62.2 cm³/mol. The van der Waals surface area contributed by atoms with Crippen LogP contribution in [0.3, 0.4) is 0 Å². The second-order valence-corrected chi connectivity index (χ2v) is 4.30. The van der Waals surface area contributed by atoms with Crippen molar-refractivity contribution >= 4 is 11.5 Å². The van der Waals surface area contributed by atoms with Gasteiger partial charge in [0.25, 0.3) is 0 Å². The van der Waals surface area contributed by atoms with Crippen LogP contribution in [0.2, 0.25) is 0 Å². The van der Waals surface area contributed by atoms with Gasteiger partial charge in [0, 0.05) is 18.8 Å². The maximum atomic E-state index is 10.1. The van der Waals surface area contributed by atoms with E-state index in [1.165, 1.54) is 11.5 Å². The first-order chi connectivity index (χ1) is 7.81. The lowest BCUT2D eigenvalue weighted by molar-refractivity contribution is 0.181. The SMILES string of the molecule is CCc1nnsc1C(O)Cc1ccncc1. The fourth-order valence-corrected chi connectivity index (χ4v) is 2.27. The minimum absolute atomic E-state index is 0.516. The zero-order valence-corrected chi connectivity index (χ0v) is 9.81. The average molecular weight is 235 g/mol. The minimum atomic E-state index is -0.516. The summed E-state index contributed by atoms with van der Waals surface area (Å²) in [7, 11) is 0. The van der Waals surface area contributed by atoms with Crippen LogP contribution in [-0.4, -0.2) is 19.7 Å². The lowest BCUT2D eigenvalue weighted by atomic mass is 10.1. The number of aromatic nitrogens is 3. The summed E-state index contributed by atoms with van der Waals surface area (Å²) >= 11 is 1.27. The van der Waals surface area contributed by atoms with Gasteiger partial charge in [-0.3, -0.25) is 4.98 Å². The van der Waals surface area contributed by atoms with Crippen molar-refractivity contribution in [2.45, 2.75) is 25.9 Å². The van der Waals surface area contributed by atoms with Gasteiger partial charge < -0.3 is 5.11 Å². The lowest BCUT2D eigenvalue weighted by Gasteiger charge is -2.08. The molecular formula is C11H13N3OS. The van der Waals surface area contributed by atoms with Gasteiger partial charge in [0.05, 0.1) is 16.7 Å². The van der Waals surface area contributed by atoms with Gasteiger partial charge in [0.1, 0.15) is 0 Å². The van der Waals surface area contributed by atoms with Crippen LogP contribution in [0.15, 0.2) is 24.5 Å². The molecule has 16 heavy (non-hydrogen) atoms. The third-order valence-corrected chi connectivity index (χ3v) is 3.27. The highest BCUT2D eigenvalue weighted by Gasteiger charge is 2.16. The highest BCUT2D eigenvalue weighted by Crippen LogP contribution is 2.23. The highest BCUT2D eigenvalue weighted by molar-refractivity contribution is 7.05. The Morgan fingerprint density at radius 2 is 2.12 bits per heavy atom. The van der Waals surface area contributed by atoms with Crippen molar-refractivity contribution in [2.24, 2.45) is 0 Å². The third kappa shape index (κ3) is 2.43. The second-order valence-electron chi connectivity index (χ2n) is 3.51. The van der Waals surface area contributed by atoms with Gasteiger partial charge in [-0.15, -0.1) is 5.10 Å². The van der Waals surface area contributed by atoms with Crippen LogP contribution >= 0.6 is 11.5 Å². The van der Waals surface area contributed by atoms with Gasteiger partial charge in [0.15, 0.2) is 0 Å². The van der Waals surface area contributed by atoms with Crippen molar-refractivity contribution in [3.63, 3.8) is 0 Å². The molecule has 0 fully saturated rings. The molecule has 0 aromatic carbocycles. The molecule has 2 heterocycles. The summed E-state index contributed by atoms with van der Waals surface area (Å²) < 4.78 is 3.87. The number of pyridine rings is 1. The molecule has 0 aliphatic rings. The summed E-state index contributed by atoms with van der Waals surface area (Å²) in [6.45, 7) is 2.01. The Kier molecular flexibility index (Phi) is 3.58. The van der Waals surface area contributed by atoms with Gasteiger partial charge >= 0.3 is 0 Å². The monoisotopic (exact) mass is 235 g/mol. The molecule has 84 valence electrons. The molecule has 2 aromatic heterocycles. The molecule has 0 saturated heterocycles. The zero-order chi connectivity index (χ0) is 11.4. The van der Waals surface area contributed by atoms with Crippen LogP contribution in [0.25, 0.3) is 0 Å². The number of hydrogen-bond acceptors (Lipinski definition) is 5. The molecule has 5 heteroatoms. The van der Waals surface area contributed by atoms with E-state index in [1.54, 1.807) is 12.4 Å². The number of rotatable bonds is 4. The standard InChI is InChI=1S/C11H13N3OS/c1-2-9-11(16-14-13-9)10(15)7-8-3-5-12-6-4-8/h3-6,10,15H,2,7H2,1H3. The third-order valence-electron chi connectivity index (χ3n) is 2.40. The second kappa shape index (κ2) is 5.14. The molecule has 1 atom stereocenters. The fourth-order valence-electron chi connectivity index (χ4n) is 1.55. The molecule has 4 nitrogen and oxygen atoms in total. The molecule has 0 bridgehead atoms. The Balaban J connectivity index is 2.11. The number of aryl methyl sites for hydroxylation is 1. The van der Waals surface area contributed by atoms with Gasteiger partial charge in [-0.1, -0.05) is 11.4 Å². The van der Waals surface area contributed by atoms with Gasteiger partial charge in [0.2, 0.25) is 0 Å². The van der Waals surface area contributed by atoms with E-state index in [1.807, 2.05) is 19.1 Å². The molecule has 0 aliphatic carbocycles. The van der Waals surface area contributed by atoms with Crippen LogP contribution < -0.4 is 0 Å². The normalized spacial score (nSPS) is 12.6. The maximum Gasteiger partial charge on any atom is 0.0957 e. The van der Waals surface area contributed by atoms with Crippen molar-refractivity contribution in [1.82, 2.24) is 14.6 Å². The largest absolute Gasteiger partial charge is 0.387 e. The van der Waals surface area contributed by atoms with Crippen LogP contribution in [-0.2, 0) is 12.8 Å². The maximum absolute atomic E-state index is 10.1. The molecule has 2 aromatic rings. The summed E-state index contributed by atoms with van der Waals surface area (Å²) in [4.78, 5) is 4.82. The van der Waals surface area contributed by atoms with E-state index < -0.39 is 6.10 Å². The molecule has 0 saturated carbocycles. The van der Waals surface area contributed by atoms with Crippen molar-refractivity contribution in [1.29, 1.82) is 0 Å². The smallest absolute Gasteiger partial charge is 0.0957 e. The Morgan fingerprint density at radius 3 is 2.81 bits per heavy atom. The van der Waals surface area contributed by atoms with Crippen LogP contribution in [0, 0.1) is 0 Å². The topological polar surface area (TPSA) is 58.9 Å². The summed E-state index contributed by atoms with van der Waals surface area (Å²) in [5, 5.41) is 14.1. The number of nitrogens with zero attached hydrogens (tertiary/aromatic N) is 3. The molecule has 1 unspecified atom stereocenters. The number of aliphatic hydroxyl groups is 1. The minimum Gasteiger partial charge on any atom is -0.387 e. The molecule has 1 N–H and O–H groups in total. The zero-order valence-electron chi connectivity index (χ0n) is 9.00. The van der Waals surface area contributed by atoms with Crippen molar-refractivity contribution in [3.8, 4) is 0 Å². The Bertz CT molecular complexity index is 444. The number of aliphatic hydroxyl groups excluding tert-OH is 1. The summed E-state index contributed by atoms with van der Waals surface area (Å²) in [5.74, 6) is 0. The van der Waals surface area contributed by atoms with E-state index in [2.05, 4.69) is 14.6 Å². The van der Waals surface area contributed by atoms with Crippen LogP contribution in [0.5, 0.6) is 0 Å². The van der Waals surface area contributed by atoms with E-state index in [9.17, 15) is 5.11 Å². The average Bonchev–Trinajstić information content (AvgIpc) is 2.78. The van der Waals surface area contributed by atoms with E-state index in [0.29, 0.717) is 6.42 Å². The van der Waals surface area contributed by atoms with Crippen molar-refractivity contribution < 1.29 is 5.11 Å². The lowest BCUT2D eigenvalue weighted by Crippen LogP contribution is -2.02. The first-order valence-corrected chi connectivity index (χ1v) is 5.96. The van der Waals surface area contributed by atoms with Crippen LogP contribution in [0.1, 0.15) is 29.2 Å². The van der Waals surface area contributed by atoms with E-state index in [4.69, 9.17) is 0 Å². The van der Waals surface area contributed by atoms with E-state index in [0.717, 1.165) is 22.6 Å². The summed E-state index contributed by atoms with van der Waals surface area (Å²) in [6, 6.07) is 3.81. The van der Waals surface area contributed by atoms with E-state index in [-0.39, 0.29) is 0 Å². The van der Waals surface area contributed by atoms with Gasteiger partial charge in [-0.05, 0) is 35.6 Å². The van der Waals surface area contributed by atoms with Gasteiger partial charge in [-0.2, -0.15) is 0 Å². The highest BCUT2D eigenvalue weighted by atomic mass is 32.1. The van der Waals surface area contributed by atoms with Crippen molar-refractivity contribution in [2.75, 3.05) is 0 Å². The fraction of sp³-hybridized carbons (Fsp3) is 0.364. The predicted octanol–water partition coefficient (Wildman–Crippen LogP) is 1.77. The molecule has 2 rings (SSSR count). The Hall–Kier alpha value is -1.33. The molecule has 0 radical (unpaired) electrons. The molecular weight excluding hydrogens is 222 g/mol. The quantitative estimate of drug-likeness (QED) is 0.877. The van der Waals surface area contributed by atoms with Crippen LogP contribution in [0.4, 0.5) is 0 Å². The molecule has 0 aliphatic heterocycles. The van der Waals surface area contributed by atoms with E-state index >= 15 is 0 Å². The molecule has 0 amide bonds. The molecule has 0 spiro atoms. The first-order valence-electron chi connectivity index (χ1n) is 5.19. The Labute approximate surface area is 98.2 Å².